The van der Waals surface area contributed by atoms with Crippen molar-refractivity contribution >= 4 is 0 Å². The summed E-state index contributed by atoms with van der Waals surface area (Å²) in [5, 5.41) is 0. The van der Waals surface area contributed by atoms with Gasteiger partial charge in [-0.05, 0) is 19.9 Å². The van der Waals surface area contributed by atoms with E-state index in [0.29, 0.717) is 12.9 Å². The normalized spacial score (nSPS) is 11.5. The van der Waals surface area contributed by atoms with Crippen LogP contribution in [0.5, 0.6) is 0 Å². The fourth-order valence-electron chi connectivity index (χ4n) is 0.284. The fourth-order valence-corrected chi connectivity index (χ4v) is 0.284. The van der Waals surface area contributed by atoms with Crippen LogP contribution >= 0.6 is 0 Å². The molecule has 0 unspecified atom stereocenters. The van der Waals surface area contributed by atoms with Crippen LogP contribution in [0.4, 0.5) is 4.39 Å². The minimum absolute atomic E-state index is 0.186. The van der Waals surface area contributed by atoms with Crippen LogP contribution in [0.2, 0.25) is 0 Å². The highest BCUT2D eigenvalue weighted by Crippen LogP contribution is 1.86. The van der Waals surface area contributed by atoms with Crippen LogP contribution < -0.4 is 0 Å². The summed E-state index contributed by atoms with van der Waals surface area (Å²) in [6, 6.07) is 0. The van der Waals surface area contributed by atoms with Gasteiger partial charge in [0.2, 0.25) is 0 Å². The van der Waals surface area contributed by atoms with E-state index in [4.69, 9.17) is 4.74 Å². The molecular formula is C6H11FO. The van der Waals surface area contributed by atoms with Crippen molar-refractivity contribution in [2.24, 2.45) is 0 Å². The lowest BCUT2D eigenvalue weighted by molar-refractivity contribution is 0.102. The highest BCUT2D eigenvalue weighted by molar-refractivity contribution is 4.70. The Hall–Kier alpha value is -0.370. The molecule has 0 aromatic carbocycles. The Bertz CT molecular complexity index is 68.9. The third-order valence-electron chi connectivity index (χ3n) is 0.615. The number of halogens is 1. The van der Waals surface area contributed by atoms with Crippen LogP contribution in [0, 0.1) is 0 Å². The van der Waals surface area contributed by atoms with Crippen molar-refractivity contribution in [2.75, 3.05) is 6.61 Å². The molecule has 2 heteroatoms. The molecule has 0 N–H and O–H groups in total. The van der Waals surface area contributed by atoms with E-state index in [-0.39, 0.29) is 6.10 Å². The third kappa shape index (κ3) is 5.63. The molecule has 0 bridgehead atoms. The first-order chi connectivity index (χ1) is 3.77. The molecule has 8 heavy (non-hydrogen) atoms. The maximum atomic E-state index is 11.2. The molecule has 0 saturated heterocycles. The second-order valence-electron chi connectivity index (χ2n) is 1.74. The van der Waals surface area contributed by atoms with Crippen molar-refractivity contribution in [1.82, 2.24) is 0 Å². The average Bonchev–Trinajstić information content (AvgIpc) is 1.66. The number of hydrogen-bond donors (Lipinski definition) is 0. The zero-order chi connectivity index (χ0) is 6.41. The van der Waals surface area contributed by atoms with Gasteiger partial charge in [0.05, 0.1) is 19.0 Å². The molecule has 0 aromatic heterocycles. The smallest absolute Gasteiger partial charge is 0.0849 e. The van der Waals surface area contributed by atoms with Gasteiger partial charge in [-0.3, -0.25) is 0 Å². The fraction of sp³-hybridized carbons (Fsp3) is 0.667. The van der Waals surface area contributed by atoms with Gasteiger partial charge in [0, 0.05) is 0 Å². The van der Waals surface area contributed by atoms with Crippen LogP contribution in [0.1, 0.15) is 13.8 Å². The molecule has 48 valence electrons. The van der Waals surface area contributed by atoms with Crippen molar-refractivity contribution in [2.45, 2.75) is 20.0 Å². The second-order valence-corrected chi connectivity index (χ2v) is 1.74. The summed E-state index contributed by atoms with van der Waals surface area (Å²) in [6.07, 6.45) is 2.01. The standard InChI is InChI=1S/C6H11FO/c1-6(2)8-5-3-4-7/h3-4,6H,5H2,1-2H3/b4-3+. The second kappa shape index (κ2) is 4.78. The molecule has 0 heterocycles. The van der Waals surface area contributed by atoms with Gasteiger partial charge in [0.25, 0.3) is 0 Å². The van der Waals surface area contributed by atoms with Crippen LogP contribution in [-0.4, -0.2) is 12.7 Å². The number of hydrogen-bond acceptors (Lipinski definition) is 1. The molecular weight excluding hydrogens is 107 g/mol. The molecule has 0 radical (unpaired) electrons. The zero-order valence-electron chi connectivity index (χ0n) is 5.23. The van der Waals surface area contributed by atoms with E-state index in [9.17, 15) is 4.39 Å². The highest BCUT2D eigenvalue weighted by atomic mass is 19.1. The minimum atomic E-state index is 0.186. The van der Waals surface area contributed by atoms with Gasteiger partial charge in [0.1, 0.15) is 0 Å². The Morgan fingerprint density at radius 2 is 2.25 bits per heavy atom. The minimum Gasteiger partial charge on any atom is -0.375 e. The molecule has 0 aromatic rings. The van der Waals surface area contributed by atoms with Crippen molar-refractivity contribution in [3.05, 3.63) is 12.4 Å². The lowest BCUT2D eigenvalue weighted by atomic mass is 10.5. The van der Waals surface area contributed by atoms with Gasteiger partial charge in [-0.15, -0.1) is 0 Å². The summed E-state index contributed by atoms with van der Waals surface area (Å²) < 4.78 is 16.1. The molecule has 0 spiro atoms. The lowest BCUT2D eigenvalue weighted by Gasteiger charge is -2.01. The zero-order valence-corrected chi connectivity index (χ0v) is 5.23. The maximum absolute atomic E-state index is 11.2. The average molecular weight is 118 g/mol. The van der Waals surface area contributed by atoms with Crippen LogP contribution in [0.15, 0.2) is 12.4 Å². The van der Waals surface area contributed by atoms with E-state index in [1.54, 1.807) is 0 Å². The first-order valence-electron chi connectivity index (χ1n) is 2.64. The summed E-state index contributed by atoms with van der Waals surface area (Å²) in [7, 11) is 0. The first-order valence-corrected chi connectivity index (χ1v) is 2.64. The Labute approximate surface area is 49.2 Å². The van der Waals surface area contributed by atoms with Crippen LogP contribution in [-0.2, 0) is 4.74 Å². The van der Waals surface area contributed by atoms with Gasteiger partial charge in [-0.1, -0.05) is 0 Å². The largest absolute Gasteiger partial charge is 0.375 e. The molecule has 0 aliphatic rings. The van der Waals surface area contributed by atoms with Gasteiger partial charge in [-0.2, -0.15) is 0 Å². The third-order valence-corrected chi connectivity index (χ3v) is 0.615. The predicted octanol–water partition coefficient (Wildman–Crippen LogP) is 1.89. The first kappa shape index (κ1) is 7.63. The molecule has 1 nitrogen and oxygen atoms in total. The van der Waals surface area contributed by atoms with Crippen molar-refractivity contribution in [3.63, 3.8) is 0 Å². The quantitative estimate of drug-likeness (QED) is 0.550. The monoisotopic (exact) mass is 118 g/mol. The Balaban J connectivity index is 2.93. The topological polar surface area (TPSA) is 9.23 Å². The van der Waals surface area contributed by atoms with E-state index < -0.39 is 0 Å². The number of ether oxygens (including phenoxy) is 1. The Morgan fingerprint density at radius 1 is 1.62 bits per heavy atom. The molecule has 0 aliphatic carbocycles. The molecule has 0 amide bonds. The summed E-state index contributed by atoms with van der Waals surface area (Å²) >= 11 is 0. The van der Waals surface area contributed by atoms with Gasteiger partial charge < -0.3 is 4.74 Å². The Kier molecular flexibility index (Phi) is 4.56. The van der Waals surface area contributed by atoms with E-state index in [0.717, 1.165) is 0 Å². The Morgan fingerprint density at radius 3 is 2.62 bits per heavy atom. The van der Waals surface area contributed by atoms with E-state index in [1.807, 2.05) is 13.8 Å². The summed E-state index contributed by atoms with van der Waals surface area (Å²) in [6.45, 7) is 4.19. The SMILES string of the molecule is CC(C)OC/C=C/F. The molecule has 0 fully saturated rings. The van der Waals surface area contributed by atoms with Crippen LogP contribution in [0.25, 0.3) is 0 Å². The van der Waals surface area contributed by atoms with Crippen molar-refractivity contribution in [1.29, 1.82) is 0 Å². The number of rotatable bonds is 3. The summed E-state index contributed by atoms with van der Waals surface area (Å²) in [4.78, 5) is 0. The summed E-state index contributed by atoms with van der Waals surface area (Å²) in [5.41, 5.74) is 0. The highest BCUT2D eigenvalue weighted by Gasteiger charge is 1.86. The van der Waals surface area contributed by atoms with Gasteiger partial charge >= 0.3 is 0 Å². The molecule has 0 atom stereocenters. The van der Waals surface area contributed by atoms with Crippen LogP contribution in [0.3, 0.4) is 0 Å². The van der Waals surface area contributed by atoms with E-state index in [2.05, 4.69) is 0 Å². The molecule has 0 aliphatic heterocycles. The maximum Gasteiger partial charge on any atom is 0.0849 e. The van der Waals surface area contributed by atoms with Crippen molar-refractivity contribution < 1.29 is 9.13 Å². The molecule has 0 rings (SSSR count). The van der Waals surface area contributed by atoms with Gasteiger partial charge in [-0.25, -0.2) is 4.39 Å². The van der Waals surface area contributed by atoms with E-state index in [1.165, 1.54) is 6.08 Å². The summed E-state index contributed by atoms with van der Waals surface area (Å²) in [5.74, 6) is 0. The van der Waals surface area contributed by atoms with Gasteiger partial charge in [0.15, 0.2) is 0 Å². The lowest BCUT2D eigenvalue weighted by Crippen LogP contribution is -2.00. The van der Waals surface area contributed by atoms with E-state index >= 15 is 0 Å². The predicted molar refractivity (Wildman–Crippen MR) is 31.3 cm³/mol. The molecule has 0 saturated carbocycles. The van der Waals surface area contributed by atoms with Crippen molar-refractivity contribution in [3.8, 4) is 0 Å².